The average molecular weight is 566 g/mol. The summed E-state index contributed by atoms with van der Waals surface area (Å²) in [4.78, 5) is 16.9. The first-order valence-electron chi connectivity index (χ1n) is 15.5. The zero-order valence-electron chi connectivity index (χ0n) is 24.0. The van der Waals surface area contributed by atoms with E-state index in [0.717, 1.165) is 73.5 Å². The van der Waals surface area contributed by atoms with Crippen LogP contribution in [0.2, 0.25) is 0 Å². The zero-order valence-corrected chi connectivity index (χ0v) is 24.0. The molecule has 3 fully saturated rings. The van der Waals surface area contributed by atoms with Gasteiger partial charge in [0.25, 0.3) is 0 Å². The van der Waals surface area contributed by atoms with Gasteiger partial charge in [-0.2, -0.15) is 9.97 Å². The van der Waals surface area contributed by atoms with E-state index < -0.39 is 5.82 Å². The lowest BCUT2D eigenvalue weighted by atomic mass is 9.94. The summed E-state index contributed by atoms with van der Waals surface area (Å²) in [6.45, 7) is 4.81. The lowest BCUT2D eigenvalue weighted by molar-refractivity contribution is 0.107. The third kappa shape index (κ3) is 4.18. The van der Waals surface area contributed by atoms with Crippen LogP contribution in [0.25, 0.3) is 38.5 Å². The summed E-state index contributed by atoms with van der Waals surface area (Å²) in [6.07, 6.45) is 12.4. The van der Waals surface area contributed by atoms with Crippen molar-refractivity contribution in [1.82, 2.24) is 25.2 Å². The molecule has 2 N–H and O–H groups in total. The van der Waals surface area contributed by atoms with Crippen LogP contribution in [0.1, 0.15) is 63.1 Å². The molecule has 4 aliphatic heterocycles. The molecule has 2 unspecified atom stereocenters. The first-order valence-corrected chi connectivity index (χ1v) is 15.5. The quantitative estimate of drug-likeness (QED) is 0.289. The van der Waals surface area contributed by atoms with E-state index in [1.807, 2.05) is 18.2 Å². The number of nitrogens with one attached hydrogen (secondary N) is 1. The number of aromatic nitrogens is 3. The number of nitrogens with zero attached hydrogens (tertiary/aromatic N) is 4. The third-order valence-electron chi connectivity index (χ3n) is 10.1. The van der Waals surface area contributed by atoms with E-state index in [9.17, 15) is 5.11 Å². The Labute approximate surface area is 244 Å². The molecule has 2 aromatic carbocycles. The van der Waals surface area contributed by atoms with Gasteiger partial charge in [0, 0.05) is 29.2 Å². The van der Waals surface area contributed by atoms with Crippen molar-refractivity contribution < 1.29 is 14.2 Å². The highest BCUT2D eigenvalue weighted by atomic mass is 19.1. The van der Waals surface area contributed by atoms with Crippen molar-refractivity contribution in [3.8, 4) is 23.0 Å². The fraction of sp³-hybridized carbons (Fsp3) is 0.441. The Morgan fingerprint density at radius 1 is 1.12 bits per heavy atom. The molecule has 8 rings (SSSR count). The molecule has 6 heterocycles. The van der Waals surface area contributed by atoms with E-state index in [-0.39, 0.29) is 28.5 Å². The Hall–Kier alpha value is -3.62. The van der Waals surface area contributed by atoms with Crippen LogP contribution in [0.5, 0.6) is 11.8 Å². The Balaban J connectivity index is 1.29. The fourth-order valence-corrected chi connectivity index (χ4v) is 8.06. The summed E-state index contributed by atoms with van der Waals surface area (Å²) in [5.41, 5.74) is 3.88. The van der Waals surface area contributed by atoms with Crippen molar-refractivity contribution in [3.05, 3.63) is 59.7 Å². The minimum Gasteiger partial charge on any atom is -0.508 e. The molecule has 216 valence electrons. The number of hydrogen-bond donors (Lipinski definition) is 2. The minimum absolute atomic E-state index is 0.0323. The molecule has 0 radical (unpaired) electrons. The van der Waals surface area contributed by atoms with Gasteiger partial charge in [0.15, 0.2) is 5.82 Å². The molecule has 0 spiro atoms. The first kappa shape index (κ1) is 26.0. The van der Waals surface area contributed by atoms with E-state index in [1.165, 1.54) is 12.8 Å². The largest absolute Gasteiger partial charge is 0.508 e. The molecule has 2 aromatic heterocycles. The maximum Gasteiger partial charge on any atom is 0.317 e. The predicted octanol–water partition coefficient (Wildman–Crippen LogP) is 6.17. The van der Waals surface area contributed by atoms with Crippen molar-refractivity contribution in [2.45, 2.75) is 75.9 Å². The number of benzene rings is 2. The number of hydrogen-bond acceptors (Lipinski definition) is 7. The van der Waals surface area contributed by atoms with Crippen LogP contribution >= 0.6 is 0 Å². The monoisotopic (exact) mass is 565 g/mol. The summed E-state index contributed by atoms with van der Waals surface area (Å²) >= 11 is 0. The average Bonchev–Trinajstić information content (AvgIpc) is 3.68. The second kappa shape index (κ2) is 9.99. The smallest absolute Gasteiger partial charge is 0.317 e. The number of pyridine rings is 1. The Morgan fingerprint density at radius 2 is 1.98 bits per heavy atom. The van der Waals surface area contributed by atoms with E-state index in [2.05, 4.69) is 28.2 Å². The lowest BCUT2D eigenvalue weighted by Gasteiger charge is -2.31. The standard InChI is InChI=1S/C34H36FN5O2/c1-2-20-6-3-7-21-16-25(41)17-26(28(20)21)31-29(35)32-27(18-36-31)30(22-14-23-8-9-24(15-22)37-23)38-33(39-32)42-19-34-10-4-12-40(34)13-5-11-34/h3,6-7,14,16-18,23-24,37,41H,2,4-5,8-13,15,19H2,1H3. The predicted molar refractivity (Wildman–Crippen MR) is 162 cm³/mol. The van der Waals surface area contributed by atoms with Crippen LogP contribution in [0, 0.1) is 5.82 Å². The van der Waals surface area contributed by atoms with Crippen LogP contribution in [0.15, 0.2) is 42.6 Å². The van der Waals surface area contributed by atoms with Gasteiger partial charge in [0.1, 0.15) is 23.6 Å². The first-order chi connectivity index (χ1) is 20.5. The number of fused-ring (bicyclic) bond motifs is 5. The van der Waals surface area contributed by atoms with E-state index in [1.54, 1.807) is 18.3 Å². The molecular formula is C34H36FN5O2. The van der Waals surface area contributed by atoms with Crippen LogP contribution in [-0.2, 0) is 6.42 Å². The van der Waals surface area contributed by atoms with Gasteiger partial charge in [-0.25, -0.2) is 4.39 Å². The van der Waals surface area contributed by atoms with E-state index in [0.29, 0.717) is 35.3 Å². The summed E-state index contributed by atoms with van der Waals surface area (Å²) in [5.74, 6) is -0.440. The van der Waals surface area contributed by atoms with E-state index >= 15 is 4.39 Å². The van der Waals surface area contributed by atoms with Gasteiger partial charge in [0.05, 0.1) is 11.2 Å². The van der Waals surface area contributed by atoms with Crippen LogP contribution < -0.4 is 10.1 Å². The van der Waals surface area contributed by atoms with Crippen molar-refractivity contribution in [2.24, 2.45) is 0 Å². The van der Waals surface area contributed by atoms with Gasteiger partial charge >= 0.3 is 6.01 Å². The Morgan fingerprint density at radius 3 is 2.79 bits per heavy atom. The van der Waals surface area contributed by atoms with Gasteiger partial charge < -0.3 is 15.2 Å². The molecule has 2 atom stereocenters. The maximum absolute atomic E-state index is 16.8. The summed E-state index contributed by atoms with van der Waals surface area (Å²) in [7, 11) is 0. The van der Waals surface area contributed by atoms with Crippen molar-refractivity contribution in [2.75, 3.05) is 19.7 Å². The Bertz CT molecular complexity index is 1740. The summed E-state index contributed by atoms with van der Waals surface area (Å²) in [5, 5.41) is 16.6. The van der Waals surface area contributed by atoms with Crippen LogP contribution in [0.4, 0.5) is 4.39 Å². The molecule has 4 aliphatic rings. The molecule has 0 aliphatic carbocycles. The number of rotatable bonds is 6. The highest BCUT2D eigenvalue weighted by Crippen LogP contribution is 2.41. The van der Waals surface area contributed by atoms with Gasteiger partial charge in [-0.15, -0.1) is 0 Å². The normalized spacial score (nSPS) is 23.0. The van der Waals surface area contributed by atoms with Gasteiger partial charge in [-0.05, 0) is 98.5 Å². The highest BCUT2D eigenvalue weighted by molar-refractivity contribution is 6.01. The lowest BCUT2D eigenvalue weighted by Crippen LogP contribution is -2.43. The van der Waals surface area contributed by atoms with Gasteiger partial charge in [0.2, 0.25) is 0 Å². The molecule has 2 bridgehead atoms. The SMILES string of the molecule is CCc1cccc2cc(O)cc(-c3ncc4c(C5=CC6CCC(C5)N6)nc(OCC56CCCN5CCC6)nc4c3F)c12. The van der Waals surface area contributed by atoms with Gasteiger partial charge in [-0.1, -0.05) is 31.2 Å². The number of halogens is 1. The van der Waals surface area contributed by atoms with Crippen LogP contribution in [0.3, 0.4) is 0 Å². The van der Waals surface area contributed by atoms with Crippen molar-refractivity contribution in [1.29, 1.82) is 0 Å². The van der Waals surface area contributed by atoms with Gasteiger partial charge in [-0.3, -0.25) is 9.88 Å². The van der Waals surface area contributed by atoms with E-state index in [4.69, 9.17) is 14.7 Å². The van der Waals surface area contributed by atoms with Crippen molar-refractivity contribution >= 4 is 27.2 Å². The highest BCUT2D eigenvalue weighted by Gasteiger charge is 2.45. The second-order valence-corrected chi connectivity index (χ2v) is 12.6. The summed E-state index contributed by atoms with van der Waals surface area (Å²) < 4.78 is 23.2. The molecule has 0 saturated carbocycles. The van der Waals surface area contributed by atoms with Crippen molar-refractivity contribution in [3.63, 3.8) is 0 Å². The third-order valence-corrected chi connectivity index (χ3v) is 10.1. The number of aromatic hydroxyl groups is 1. The molecule has 8 heteroatoms. The second-order valence-electron chi connectivity index (χ2n) is 12.6. The minimum atomic E-state index is -0.516. The summed E-state index contributed by atoms with van der Waals surface area (Å²) in [6, 6.07) is 10.2. The Kier molecular flexibility index (Phi) is 6.19. The molecule has 0 amide bonds. The zero-order chi connectivity index (χ0) is 28.4. The maximum atomic E-state index is 16.8. The molecule has 3 saturated heterocycles. The number of ether oxygens (including phenoxy) is 1. The molecular weight excluding hydrogens is 529 g/mol. The number of phenols is 1. The molecule has 7 nitrogen and oxygen atoms in total. The number of phenolic OH excluding ortho intramolecular Hbond substituents is 1. The molecule has 4 aromatic rings. The molecule has 42 heavy (non-hydrogen) atoms. The fourth-order valence-electron chi connectivity index (χ4n) is 8.06. The topological polar surface area (TPSA) is 83.4 Å². The number of aryl methyl sites for hydroxylation is 1. The van der Waals surface area contributed by atoms with Crippen LogP contribution in [-0.4, -0.2) is 62.3 Å².